The summed E-state index contributed by atoms with van der Waals surface area (Å²) in [7, 11) is 0. The smallest absolute Gasteiger partial charge is 0.267 e. The van der Waals surface area contributed by atoms with Crippen molar-refractivity contribution in [3.63, 3.8) is 0 Å². The van der Waals surface area contributed by atoms with Crippen molar-refractivity contribution in [1.82, 2.24) is 9.78 Å². The van der Waals surface area contributed by atoms with Gasteiger partial charge in [0.05, 0.1) is 20.6 Å². The number of anilines is 1. The molecule has 3 rings (SSSR count). The SMILES string of the molecule is Cc1ccc(-c2ccc(=O)n(CC(=O)Nc3c(Cl)cc(Cl)cc3Cl)n2)s1. The van der Waals surface area contributed by atoms with Gasteiger partial charge in [0.1, 0.15) is 12.2 Å². The van der Waals surface area contributed by atoms with Crippen LogP contribution in [0.2, 0.25) is 15.1 Å². The zero-order chi connectivity index (χ0) is 18.8. The number of halogens is 3. The Labute approximate surface area is 168 Å². The van der Waals surface area contributed by atoms with Gasteiger partial charge in [0.2, 0.25) is 5.91 Å². The normalized spacial score (nSPS) is 10.8. The molecule has 1 N–H and O–H groups in total. The number of benzene rings is 1. The summed E-state index contributed by atoms with van der Waals surface area (Å²) in [4.78, 5) is 26.4. The fourth-order valence-corrected chi connectivity index (χ4v) is 3.99. The molecule has 5 nitrogen and oxygen atoms in total. The number of aryl methyl sites for hydroxylation is 1. The highest BCUT2D eigenvalue weighted by molar-refractivity contribution is 7.15. The second-order valence-electron chi connectivity index (χ2n) is 5.42. The molecule has 26 heavy (non-hydrogen) atoms. The molecule has 1 aromatic carbocycles. The highest BCUT2D eigenvalue weighted by atomic mass is 35.5. The molecule has 1 amide bonds. The molecule has 2 heterocycles. The number of rotatable bonds is 4. The molecule has 0 atom stereocenters. The van der Waals surface area contributed by atoms with E-state index in [0.717, 1.165) is 14.4 Å². The van der Waals surface area contributed by atoms with Crippen LogP contribution in [-0.4, -0.2) is 15.7 Å². The number of hydrogen-bond acceptors (Lipinski definition) is 4. The molecule has 2 aromatic heterocycles. The van der Waals surface area contributed by atoms with Gasteiger partial charge in [-0.2, -0.15) is 5.10 Å². The van der Waals surface area contributed by atoms with Crippen molar-refractivity contribution in [3.05, 3.63) is 66.7 Å². The first kappa shape index (κ1) is 18.9. The van der Waals surface area contributed by atoms with Crippen LogP contribution < -0.4 is 10.9 Å². The van der Waals surface area contributed by atoms with E-state index in [1.807, 2.05) is 19.1 Å². The van der Waals surface area contributed by atoms with Crippen LogP contribution in [0, 0.1) is 6.92 Å². The Morgan fingerprint density at radius 3 is 2.46 bits per heavy atom. The number of carbonyl (C=O) groups excluding carboxylic acids is 1. The summed E-state index contributed by atoms with van der Waals surface area (Å²) in [5.74, 6) is -0.481. The van der Waals surface area contributed by atoms with Crippen molar-refractivity contribution >= 4 is 57.7 Å². The number of amides is 1. The molecule has 0 radical (unpaired) electrons. The molecule has 0 unspecified atom stereocenters. The molecule has 0 fully saturated rings. The third-order valence-corrected chi connectivity index (χ3v) is 5.26. The Morgan fingerprint density at radius 2 is 1.85 bits per heavy atom. The fraction of sp³-hybridized carbons (Fsp3) is 0.118. The summed E-state index contributed by atoms with van der Waals surface area (Å²) in [5, 5.41) is 7.62. The molecule has 3 aromatic rings. The standard InChI is InChI=1S/C17H12Cl3N3O2S/c1-9-2-4-14(26-9)13-3-5-16(25)23(22-13)8-15(24)21-17-11(19)6-10(18)7-12(17)20/h2-7H,8H2,1H3,(H,21,24). The van der Waals surface area contributed by atoms with E-state index in [9.17, 15) is 9.59 Å². The van der Waals surface area contributed by atoms with E-state index in [1.54, 1.807) is 17.4 Å². The summed E-state index contributed by atoms with van der Waals surface area (Å²) >= 11 is 19.5. The van der Waals surface area contributed by atoms with Gasteiger partial charge in [0, 0.05) is 16.0 Å². The molecule has 0 spiro atoms. The summed E-state index contributed by atoms with van der Waals surface area (Å²) in [6.45, 7) is 1.71. The lowest BCUT2D eigenvalue weighted by atomic mass is 10.3. The van der Waals surface area contributed by atoms with E-state index in [1.165, 1.54) is 18.2 Å². The lowest BCUT2D eigenvalue weighted by molar-refractivity contribution is -0.117. The highest BCUT2D eigenvalue weighted by Crippen LogP contribution is 2.33. The third kappa shape index (κ3) is 4.27. The predicted octanol–water partition coefficient (Wildman–Crippen LogP) is 4.88. The van der Waals surface area contributed by atoms with Crippen LogP contribution in [0.1, 0.15) is 4.88 Å². The first-order chi connectivity index (χ1) is 12.3. The number of nitrogens with one attached hydrogen (secondary N) is 1. The number of thiophene rings is 1. The molecule has 134 valence electrons. The number of hydrogen-bond donors (Lipinski definition) is 1. The second-order valence-corrected chi connectivity index (χ2v) is 7.96. The van der Waals surface area contributed by atoms with Gasteiger partial charge in [-0.25, -0.2) is 4.68 Å². The van der Waals surface area contributed by atoms with Gasteiger partial charge >= 0.3 is 0 Å². The summed E-state index contributed by atoms with van der Waals surface area (Å²) in [6, 6.07) is 9.84. The van der Waals surface area contributed by atoms with Crippen LogP contribution in [0.5, 0.6) is 0 Å². The third-order valence-electron chi connectivity index (χ3n) is 3.42. The quantitative estimate of drug-likeness (QED) is 0.644. The molecule has 9 heteroatoms. The van der Waals surface area contributed by atoms with Crippen LogP contribution >= 0.6 is 46.1 Å². The van der Waals surface area contributed by atoms with E-state index in [0.29, 0.717) is 10.7 Å². The van der Waals surface area contributed by atoms with Crippen molar-refractivity contribution in [2.24, 2.45) is 0 Å². The van der Waals surface area contributed by atoms with E-state index in [2.05, 4.69) is 10.4 Å². The molecule has 0 aliphatic carbocycles. The maximum absolute atomic E-state index is 12.3. The Kier molecular flexibility index (Phi) is 5.67. The number of nitrogens with zero attached hydrogens (tertiary/aromatic N) is 2. The zero-order valence-corrected chi connectivity index (χ0v) is 16.5. The first-order valence-corrected chi connectivity index (χ1v) is 9.38. The van der Waals surface area contributed by atoms with Gasteiger partial charge in [-0.05, 0) is 37.3 Å². The van der Waals surface area contributed by atoms with Crippen LogP contribution in [0.4, 0.5) is 5.69 Å². The van der Waals surface area contributed by atoms with E-state index < -0.39 is 5.91 Å². The van der Waals surface area contributed by atoms with Gasteiger partial charge in [-0.15, -0.1) is 11.3 Å². The lowest BCUT2D eigenvalue weighted by Crippen LogP contribution is -2.29. The second kappa shape index (κ2) is 7.80. The Morgan fingerprint density at radius 1 is 1.15 bits per heavy atom. The predicted molar refractivity (Wildman–Crippen MR) is 107 cm³/mol. The molecule has 0 aliphatic rings. The van der Waals surface area contributed by atoms with Crippen molar-refractivity contribution in [1.29, 1.82) is 0 Å². The van der Waals surface area contributed by atoms with E-state index in [4.69, 9.17) is 34.8 Å². The van der Waals surface area contributed by atoms with E-state index >= 15 is 0 Å². The first-order valence-electron chi connectivity index (χ1n) is 7.43. The molecule has 0 aliphatic heterocycles. The topological polar surface area (TPSA) is 64.0 Å². The Bertz CT molecular complexity index is 1020. The lowest BCUT2D eigenvalue weighted by Gasteiger charge is -2.11. The van der Waals surface area contributed by atoms with Gasteiger partial charge in [-0.3, -0.25) is 9.59 Å². The minimum Gasteiger partial charge on any atom is -0.322 e. The van der Waals surface area contributed by atoms with Crippen molar-refractivity contribution < 1.29 is 4.79 Å². The van der Waals surface area contributed by atoms with Crippen LogP contribution in [0.25, 0.3) is 10.6 Å². The van der Waals surface area contributed by atoms with Crippen molar-refractivity contribution in [2.75, 3.05) is 5.32 Å². The monoisotopic (exact) mass is 427 g/mol. The minimum atomic E-state index is -0.481. The maximum atomic E-state index is 12.3. The fourth-order valence-electron chi connectivity index (χ4n) is 2.24. The van der Waals surface area contributed by atoms with Crippen molar-refractivity contribution in [3.8, 4) is 10.6 Å². The van der Waals surface area contributed by atoms with E-state index in [-0.39, 0.29) is 27.8 Å². The Hall–Kier alpha value is -1.86. The highest BCUT2D eigenvalue weighted by Gasteiger charge is 2.13. The van der Waals surface area contributed by atoms with Gasteiger partial charge in [0.25, 0.3) is 5.56 Å². The average molecular weight is 429 g/mol. The molecular formula is C17H12Cl3N3O2S. The van der Waals surface area contributed by atoms with Crippen LogP contribution in [0.15, 0.2) is 41.2 Å². The Balaban J connectivity index is 1.83. The maximum Gasteiger partial charge on any atom is 0.267 e. The summed E-state index contributed by atoms with van der Waals surface area (Å²) in [5.41, 5.74) is 0.476. The minimum absolute atomic E-state index is 0.207. The zero-order valence-electron chi connectivity index (χ0n) is 13.4. The van der Waals surface area contributed by atoms with Crippen molar-refractivity contribution in [2.45, 2.75) is 13.5 Å². The van der Waals surface area contributed by atoms with Gasteiger partial charge < -0.3 is 5.32 Å². The van der Waals surface area contributed by atoms with Crippen LogP contribution in [-0.2, 0) is 11.3 Å². The van der Waals surface area contributed by atoms with Gasteiger partial charge in [-0.1, -0.05) is 34.8 Å². The van der Waals surface area contributed by atoms with Crippen LogP contribution in [0.3, 0.4) is 0 Å². The largest absolute Gasteiger partial charge is 0.322 e. The molecule has 0 saturated carbocycles. The summed E-state index contributed by atoms with van der Waals surface area (Å²) < 4.78 is 1.09. The number of carbonyl (C=O) groups is 1. The molecule has 0 bridgehead atoms. The summed E-state index contributed by atoms with van der Waals surface area (Å²) in [6.07, 6.45) is 0. The average Bonchev–Trinajstić information content (AvgIpc) is 2.99. The molecular weight excluding hydrogens is 417 g/mol. The number of aromatic nitrogens is 2. The van der Waals surface area contributed by atoms with Gasteiger partial charge in [0.15, 0.2) is 0 Å². The molecule has 0 saturated heterocycles.